The molecule has 0 spiro atoms. The molecular formula is C18H22N4O3S. The fraction of sp³-hybridized carbons (Fsp3) is 0.500. The van der Waals surface area contributed by atoms with Crippen LogP contribution >= 0.6 is 11.3 Å². The van der Waals surface area contributed by atoms with E-state index in [1.54, 1.807) is 0 Å². The van der Waals surface area contributed by atoms with Gasteiger partial charge in [-0.3, -0.25) is 4.79 Å². The first kappa shape index (κ1) is 17.2. The number of thiazole rings is 1. The van der Waals surface area contributed by atoms with Gasteiger partial charge in [-0.2, -0.15) is 5.10 Å². The number of nitrogens with one attached hydrogen (secondary N) is 1. The molecule has 3 heterocycles. The molecule has 1 saturated carbocycles. The summed E-state index contributed by atoms with van der Waals surface area (Å²) in [6.45, 7) is 7.03. The maximum absolute atomic E-state index is 12.4. The average Bonchev–Trinajstić information content (AvgIpc) is 3.05. The Bertz CT molecular complexity index is 822. The van der Waals surface area contributed by atoms with Crippen LogP contribution in [0.5, 0.6) is 0 Å². The number of carbonyl (C=O) groups is 1. The van der Waals surface area contributed by atoms with Crippen LogP contribution in [0.1, 0.15) is 46.1 Å². The molecule has 7 nitrogen and oxygen atoms in total. The lowest BCUT2D eigenvalue weighted by molar-refractivity contribution is 0.0958. The van der Waals surface area contributed by atoms with Crippen LogP contribution in [0.15, 0.2) is 21.7 Å². The molecular weight excluding hydrogens is 352 g/mol. The van der Waals surface area contributed by atoms with Gasteiger partial charge in [0.15, 0.2) is 5.13 Å². The summed E-state index contributed by atoms with van der Waals surface area (Å²) in [5.41, 5.74) is 3.28. The topological polar surface area (TPSA) is 80.0 Å². The largest absolute Gasteiger partial charge is 0.460 e. The lowest BCUT2D eigenvalue weighted by atomic mass is 10.3. The second-order valence-electron chi connectivity index (χ2n) is 6.77. The molecule has 0 unspecified atom stereocenters. The van der Waals surface area contributed by atoms with Crippen molar-refractivity contribution >= 4 is 28.6 Å². The summed E-state index contributed by atoms with van der Waals surface area (Å²) in [5.74, 6) is 2.62. The van der Waals surface area contributed by atoms with Gasteiger partial charge in [0.25, 0.3) is 5.91 Å². The van der Waals surface area contributed by atoms with E-state index in [9.17, 15) is 4.79 Å². The van der Waals surface area contributed by atoms with E-state index in [2.05, 4.69) is 27.3 Å². The summed E-state index contributed by atoms with van der Waals surface area (Å²) in [6.07, 6.45) is 2.71. The highest BCUT2D eigenvalue weighted by Crippen LogP contribution is 2.47. The van der Waals surface area contributed by atoms with Crippen molar-refractivity contribution in [3.8, 4) is 0 Å². The SMILES string of the molecule is Cc1nc(N2CCOCC2)sc1C(=O)N/N=C\c1ccc([C@@H]2C[C@@H]2C)o1. The maximum atomic E-state index is 12.4. The van der Waals surface area contributed by atoms with Crippen molar-refractivity contribution in [2.24, 2.45) is 11.0 Å². The third-order valence-corrected chi connectivity index (χ3v) is 5.97. The lowest BCUT2D eigenvalue weighted by Gasteiger charge is -2.25. The number of aryl methyl sites for hydroxylation is 1. The van der Waals surface area contributed by atoms with Gasteiger partial charge in [0.05, 0.1) is 25.1 Å². The molecule has 1 N–H and O–H groups in total. The van der Waals surface area contributed by atoms with E-state index in [1.165, 1.54) is 24.0 Å². The molecule has 1 saturated heterocycles. The molecule has 2 fully saturated rings. The van der Waals surface area contributed by atoms with E-state index in [0.29, 0.717) is 41.4 Å². The first-order valence-corrected chi connectivity index (χ1v) is 9.66. The number of hydrogen-bond acceptors (Lipinski definition) is 7. The van der Waals surface area contributed by atoms with Crippen molar-refractivity contribution in [1.82, 2.24) is 10.4 Å². The third-order valence-electron chi connectivity index (χ3n) is 4.75. The highest BCUT2D eigenvalue weighted by atomic mass is 32.1. The summed E-state index contributed by atoms with van der Waals surface area (Å²) in [6, 6.07) is 3.86. The molecule has 0 bridgehead atoms. The quantitative estimate of drug-likeness (QED) is 0.643. The first-order chi connectivity index (χ1) is 12.6. The van der Waals surface area contributed by atoms with Gasteiger partial charge in [-0.25, -0.2) is 10.4 Å². The predicted molar refractivity (Wildman–Crippen MR) is 100 cm³/mol. The summed E-state index contributed by atoms with van der Waals surface area (Å²) in [4.78, 5) is 19.6. The fourth-order valence-electron chi connectivity index (χ4n) is 3.04. The zero-order chi connectivity index (χ0) is 18.1. The van der Waals surface area contributed by atoms with Crippen molar-refractivity contribution in [1.29, 1.82) is 0 Å². The van der Waals surface area contributed by atoms with E-state index in [-0.39, 0.29) is 5.91 Å². The second kappa shape index (κ2) is 7.20. The van der Waals surface area contributed by atoms with Gasteiger partial charge >= 0.3 is 0 Å². The molecule has 0 radical (unpaired) electrons. The Balaban J connectivity index is 1.37. The molecule has 26 heavy (non-hydrogen) atoms. The van der Waals surface area contributed by atoms with Crippen LogP contribution < -0.4 is 10.3 Å². The highest BCUT2D eigenvalue weighted by Gasteiger charge is 2.36. The van der Waals surface area contributed by atoms with Crippen molar-refractivity contribution in [2.45, 2.75) is 26.2 Å². The van der Waals surface area contributed by atoms with Gasteiger partial charge < -0.3 is 14.1 Å². The van der Waals surface area contributed by atoms with Gasteiger partial charge in [0.2, 0.25) is 0 Å². The maximum Gasteiger partial charge on any atom is 0.283 e. The number of hydrazone groups is 1. The van der Waals surface area contributed by atoms with Gasteiger partial charge in [0, 0.05) is 19.0 Å². The number of furan rings is 1. The molecule has 2 aromatic rings. The molecule has 138 valence electrons. The third kappa shape index (κ3) is 3.66. The number of rotatable bonds is 5. The predicted octanol–water partition coefficient (Wildman–Crippen LogP) is 2.77. The van der Waals surface area contributed by atoms with E-state index in [0.717, 1.165) is 24.0 Å². The van der Waals surface area contributed by atoms with Crippen LogP contribution in [0, 0.1) is 12.8 Å². The van der Waals surface area contributed by atoms with Crippen molar-refractivity contribution in [2.75, 3.05) is 31.2 Å². The molecule has 2 aromatic heterocycles. The number of morpholine rings is 1. The lowest BCUT2D eigenvalue weighted by Crippen LogP contribution is -2.36. The molecule has 8 heteroatoms. The molecule has 4 rings (SSSR count). The normalized spacial score (nSPS) is 22.8. The molecule has 1 amide bonds. The smallest absolute Gasteiger partial charge is 0.283 e. The van der Waals surface area contributed by atoms with Crippen molar-refractivity contribution < 1.29 is 13.9 Å². The number of carbonyl (C=O) groups excluding carboxylic acids is 1. The number of ether oxygens (including phenoxy) is 1. The van der Waals surface area contributed by atoms with Gasteiger partial charge in [-0.15, -0.1) is 0 Å². The molecule has 1 aliphatic carbocycles. The Morgan fingerprint density at radius 3 is 2.92 bits per heavy atom. The Hall–Kier alpha value is -2.19. The van der Waals surface area contributed by atoms with Gasteiger partial charge in [0.1, 0.15) is 16.4 Å². The van der Waals surface area contributed by atoms with E-state index in [4.69, 9.17) is 9.15 Å². The van der Waals surface area contributed by atoms with E-state index in [1.807, 2.05) is 19.1 Å². The van der Waals surface area contributed by atoms with Gasteiger partial charge in [-0.05, 0) is 31.4 Å². The average molecular weight is 374 g/mol. The van der Waals surface area contributed by atoms with Crippen LogP contribution in [-0.4, -0.2) is 43.4 Å². The number of anilines is 1. The summed E-state index contributed by atoms with van der Waals surface area (Å²) in [7, 11) is 0. The standard InChI is InChI=1S/C18H22N4O3S/c1-11-9-14(11)15-4-3-13(25-15)10-19-21-17(23)16-12(2)20-18(26-16)22-5-7-24-8-6-22/h3-4,10-11,14H,5-9H2,1-2H3,(H,21,23)/b19-10-/t11-,14+/m0/s1. The number of hydrogen-bond donors (Lipinski definition) is 1. The molecule has 2 aliphatic rings. The second-order valence-corrected chi connectivity index (χ2v) is 7.75. The number of aromatic nitrogens is 1. The minimum atomic E-state index is -0.252. The van der Waals surface area contributed by atoms with Crippen LogP contribution in [0.4, 0.5) is 5.13 Å². The van der Waals surface area contributed by atoms with Crippen LogP contribution in [0.2, 0.25) is 0 Å². The number of amides is 1. The fourth-order valence-corrected chi connectivity index (χ4v) is 4.05. The summed E-state index contributed by atoms with van der Waals surface area (Å²) in [5, 5.41) is 4.88. The molecule has 0 aromatic carbocycles. The van der Waals surface area contributed by atoms with E-state index >= 15 is 0 Å². The van der Waals surface area contributed by atoms with E-state index < -0.39 is 0 Å². The van der Waals surface area contributed by atoms with Crippen molar-refractivity contribution in [3.63, 3.8) is 0 Å². The van der Waals surface area contributed by atoms with Crippen LogP contribution in [-0.2, 0) is 4.74 Å². The minimum absolute atomic E-state index is 0.252. The van der Waals surface area contributed by atoms with Crippen molar-refractivity contribution in [3.05, 3.63) is 34.2 Å². The monoisotopic (exact) mass is 374 g/mol. The zero-order valence-corrected chi connectivity index (χ0v) is 15.7. The molecule has 2 atom stereocenters. The summed E-state index contributed by atoms with van der Waals surface area (Å²) >= 11 is 1.39. The summed E-state index contributed by atoms with van der Waals surface area (Å²) < 4.78 is 11.1. The van der Waals surface area contributed by atoms with Crippen LogP contribution in [0.25, 0.3) is 0 Å². The minimum Gasteiger partial charge on any atom is -0.460 e. The first-order valence-electron chi connectivity index (χ1n) is 8.85. The zero-order valence-electron chi connectivity index (χ0n) is 14.9. The van der Waals surface area contributed by atoms with Crippen LogP contribution in [0.3, 0.4) is 0 Å². The Labute approximate surface area is 156 Å². The Morgan fingerprint density at radius 1 is 1.42 bits per heavy atom. The Morgan fingerprint density at radius 2 is 2.19 bits per heavy atom. The Kier molecular flexibility index (Phi) is 4.78. The molecule has 1 aliphatic heterocycles. The van der Waals surface area contributed by atoms with Gasteiger partial charge in [-0.1, -0.05) is 18.3 Å². The number of nitrogens with zero attached hydrogens (tertiary/aromatic N) is 3. The highest BCUT2D eigenvalue weighted by molar-refractivity contribution is 7.17.